The van der Waals surface area contributed by atoms with Crippen LogP contribution in [0, 0.1) is 0 Å². The number of hydrogen-bond acceptors (Lipinski definition) is 4. The maximum absolute atomic E-state index is 12.9. The van der Waals surface area contributed by atoms with Crippen molar-refractivity contribution in [1.29, 1.82) is 0 Å². The molecule has 1 atom stereocenters. The van der Waals surface area contributed by atoms with Gasteiger partial charge >= 0.3 is 0 Å². The van der Waals surface area contributed by atoms with E-state index in [1.54, 1.807) is 0 Å². The van der Waals surface area contributed by atoms with E-state index in [4.69, 9.17) is 0 Å². The van der Waals surface area contributed by atoms with Crippen LogP contribution in [0.25, 0.3) is 0 Å². The highest BCUT2D eigenvalue weighted by atomic mass is 32.2. The summed E-state index contributed by atoms with van der Waals surface area (Å²) >= 11 is 1.81. The monoisotopic (exact) mass is 367 g/mol. The number of carbonyl (C=O) groups is 1. The molecular weight excluding hydrogens is 342 g/mol. The van der Waals surface area contributed by atoms with Crippen molar-refractivity contribution in [2.24, 2.45) is 0 Å². The summed E-state index contributed by atoms with van der Waals surface area (Å²) in [6.45, 7) is 2.50. The number of fused-ring (bicyclic) bond motifs is 2. The molecule has 2 aliphatic heterocycles. The molecule has 1 fully saturated rings. The van der Waals surface area contributed by atoms with Gasteiger partial charge in [0.15, 0.2) is 0 Å². The smallest absolute Gasteiger partial charge is 0.224 e. The number of likely N-dealkylation sites (tertiary alicyclic amines) is 1. The molecule has 2 aromatic rings. The Labute approximate surface area is 159 Å². The van der Waals surface area contributed by atoms with Gasteiger partial charge in [-0.1, -0.05) is 36.0 Å². The van der Waals surface area contributed by atoms with E-state index >= 15 is 0 Å². The standard InChI is InChI=1S/C21H25N3OS/c1-22-15-16-7-6-13-23(16)21(25)12-14-24-17-8-2-4-10-19(17)26-20-11-5-3-9-18(20)24/h2-5,8-11,16,22H,6-7,12-15H2,1H3. The zero-order valence-electron chi connectivity index (χ0n) is 15.1. The number of nitrogens with one attached hydrogen (secondary N) is 1. The Morgan fingerprint density at radius 1 is 1.12 bits per heavy atom. The number of benzene rings is 2. The molecule has 0 radical (unpaired) electrons. The van der Waals surface area contributed by atoms with E-state index in [-0.39, 0.29) is 5.91 Å². The minimum absolute atomic E-state index is 0.274. The molecule has 1 amide bonds. The predicted molar refractivity (Wildman–Crippen MR) is 107 cm³/mol. The Kier molecular flexibility index (Phi) is 5.18. The summed E-state index contributed by atoms with van der Waals surface area (Å²) in [7, 11) is 1.96. The van der Waals surface area contributed by atoms with E-state index in [0.717, 1.165) is 32.5 Å². The first-order chi connectivity index (χ1) is 12.8. The minimum atomic E-state index is 0.274. The lowest BCUT2D eigenvalue weighted by Gasteiger charge is -2.33. The third kappa shape index (κ3) is 3.33. The zero-order chi connectivity index (χ0) is 17.9. The first-order valence-electron chi connectivity index (χ1n) is 9.35. The summed E-state index contributed by atoms with van der Waals surface area (Å²) in [5.41, 5.74) is 2.41. The average molecular weight is 368 g/mol. The van der Waals surface area contributed by atoms with Crippen LogP contribution in [0.5, 0.6) is 0 Å². The molecule has 4 rings (SSSR count). The van der Waals surface area contributed by atoms with E-state index in [1.165, 1.54) is 21.2 Å². The predicted octanol–water partition coefficient (Wildman–Crippen LogP) is 3.89. The molecule has 0 bridgehead atoms. The van der Waals surface area contributed by atoms with Gasteiger partial charge in [-0.3, -0.25) is 4.79 Å². The van der Waals surface area contributed by atoms with E-state index in [0.29, 0.717) is 12.5 Å². The molecule has 2 aromatic carbocycles. The van der Waals surface area contributed by atoms with Crippen molar-refractivity contribution in [2.45, 2.75) is 35.1 Å². The Bertz CT molecular complexity index is 749. The Morgan fingerprint density at radius 3 is 2.42 bits per heavy atom. The highest BCUT2D eigenvalue weighted by Gasteiger charge is 2.29. The SMILES string of the molecule is CNCC1CCCN1C(=O)CCN1c2ccccc2Sc2ccccc21. The summed E-state index contributed by atoms with van der Waals surface area (Å²) in [5.74, 6) is 0.274. The molecule has 1 unspecified atom stereocenters. The Balaban J connectivity index is 1.52. The molecule has 1 N–H and O–H groups in total. The number of rotatable bonds is 5. The van der Waals surface area contributed by atoms with Gasteiger partial charge in [0.05, 0.1) is 11.4 Å². The number of hydrogen-bond donors (Lipinski definition) is 1. The average Bonchev–Trinajstić information content (AvgIpc) is 3.13. The molecule has 0 aliphatic carbocycles. The van der Waals surface area contributed by atoms with Gasteiger partial charge in [0.25, 0.3) is 0 Å². The first kappa shape index (κ1) is 17.4. The number of likely N-dealkylation sites (N-methyl/N-ethyl adjacent to an activating group) is 1. The van der Waals surface area contributed by atoms with Crippen molar-refractivity contribution in [3.05, 3.63) is 48.5 Å². The van der Waals surface area contributed by atoms with Gasteiger partial charge < -0.3 is 15.1 Å². The van der Waals surface area contributed by atoms with Crippen LogP contribution in [0.15, 0.2) is 58.3 Å². The Morgan fingerprint density at radius 2 is 1.77 bits per heavy atom. The van der Waals surface area contributed by atoms with Gasteiger partial charge in [-0.2, -0.15) is 0 Å². The normalized spacial score (nSPS) is 18.6. The van der Waals surface area contributed by atoms with E-state index in [1.807, 2.05) is 18.8 Å². The van der Waals surface area contributed by atoms with Crippen molar-refractivity contribution in [1.82, 2.24) is 10.2 Å². The third-order valence-electron chi connectivity index (χ3n) is 5.22. The zero-order valence-corrected chi connectivity index (χ0v) is 16.0. The van der Waals surface area contributed by atoms with Crippen LogP contribution >= 0.6 is 11.8 Å². The molecule has 0 spiro atoms. The summed E-state index contributed by atoms with van der Waals surface area (Å²) < 4.78 is 0. The number of carbonyl (C=O) groups excluding carboxylic acids is 1. The van der Waals surface area contributed by atoms with E-state index in [9.17, 15) is 4.79 Å². The minimum Gasteiger partial charge on any atom is -0.339 e. The summed E-state index contributed by atoms with van der Waals surface area (Å²) in [6, 6.07) is 17.3. The van der Waals surface area contributed by atoms with Crippen molar-refractivity contribution >= 4 is 29.0 Å². The second-order valence-electron chi connectivity index (χ2n) is 6.88. The summed E-state index contributed by atoms with van der Waals surface area (Å²) in [6.07, 6.45) is 2.77. The van der Waals surface area contributed by atoms with Gasteiger partial charge in [0.2, 0.25) is 5.91 Å². The molecule has 4 nitrogen and oxygen atoms in total. The van der Waals surface area contributed by atoms with Crippen LogP contribution in [0.1, 0.15) is 19.3 Å². The maximum atomic E-state index is 12.9. The molecule has 26 heavy (non-hydrogen) atoms. The van der Waals surface area contributed by atoms with Crippen molar-refractivity contribution in [3.8, 4) is 0 Å². The van der Waals surface area contributed by atoms with Gasteiger partial charge in [-0.15, -0.1) is 0 Å². The molecule has 0 saturated carbocycles. The fraction of sp³-hybridized carbons (Fsp3) is 0.381. The summed E-state index contributed by atoms with van der Waals surface area (Å²) in [5, 5.41) is 3.22. The first-order valence-corrected chi connectivity index (χ1v) is 10.2. The lowest BCUT2D eigenvalue weighted by molar-refractivity contribution is -0.131. The fourth-order valence-electron chi connectivity index (χ4n) is 3.98. The molecule has 5 heteroatoms. The largest absolute Gasteiger partial charge is 0.339 e. The molecule has 2 aliphatic rings. The van der Waals surface area contributed by atoms with Crippen LogP contribution in [0.4, 0.5) is 11.4 Å². The van der Waals surface area contributed by atoms with Crippen molar-refractivity contribution in [3.63, 3.8) is 0 Å². The Hall–Kier alpha value is -1.98. The van der Waals surface area contributed by atoms with Crippen LogP contribution in [0.3, 0.4) is 0 Å². The maximum Gasteiger partial charge on any atom is 0.224 e. The summed E-state index contributed by atoms with van der Waals surface area (Å²) in [4.78, 5) is 19.8. The second kappa shape index (κ2) is 7.72. The third-order valence-corrected chi connectivity index (χ3v) is 6.35. The molecule has 136 valence electrons. The lowest BCUT2D eigenvalue weighted by atomic mass is 10.2. The lowest BCUT2D eigenvalue weighted by Crippen LogP contribution is -2.41. The quantitative estimate of drug-likeness (QED) is 0.870. The number of nitrogens with zero attached hydrogens (tertiary/aromatic N) is 2. The van der Waals surface area contributed by atoms with E-state index < -0.39 is 0 Å². The second-order valence-corrected chi connectivity index (χ2v) is 7.96. The highest BCUT2D eigenvalue weighted by molar-refractivity contribution is 7.99. The van der Waals surface area contributed by atoms with Crippen LogP contribution in [0.2, 0.25) is 0 Å². The number of amides is 1. The van der Waals surface area contributed by atoms with Gasteiger partial charge in [0, 0.05) is 41.9 Å². The van der Waals surface area contributed by atoms with Crippen molar-refractivity contribution < 1.29 is 4.79 Å². The van der Waals surface area contributed by atoms with Gasteiger partial charge in [-0.05, 0) is 44.2 Å². The topological polar surface area (TPSA) is 35.6 Å². The van der Waals surface area contributed by atoms with Gasteiger partial charge in [-0.25, -0.2) is 0 Å². The van der Waals surface area contributed by atoms with Crippen LogP contribution in [-0.2, 0) is 4.79 Å². The molecule has 2 heterocycles. The fourth-order valence-corrected chi connectivity index (χ4v) is 5.08. The molecular formula is C21H25N3OS. The van der Waals surface area contributed by atoms with Gasteiger partial charge in [0.1, 0.15) is 0 Å². The highest BCUT2D eigenvalue weighted by Crippen LogP contribution is 2.47. The number of para-hydroxylation sites is 2. The van der Waals surface area contributed by atoms with Crippen LogP contribution < -0.4 is 10.2 Å². The van der Waals surface area contributed by atoms with E-state index in [2.05, 4.69) is 63.6 Å². The molecule has 1 saturated heterocycles. The van der Waals surface area contributed by atoms with Crippen LogP contribution in [-0.4, -0.2) is 43.5 Å². The molecule has 0 aromatic heterocycles. The van der Waals surface area contributed by atoms with Crippen molar-refractivity contribution in [2.75, 3.05) is 31.6 Å². The number of anilines is 2.